The van der Waals surface area contributed by atoms with Crippen LogP contribution in [0.5, 0.6) is 0 Å². The number of nitrogens with zero attached hydrogens (tertiary/aromatic N) is 1. The topological polar surface area (TPSA) is 284 Å². The standard InChI is InChI=1S/C25H37N9O9S2/c1-11(2)20-25(43)32-14(7-19(37)38)23(41)33-15(21(26)39)9-44-45-10-16(30-12(3)35)24(42)31-13(6-17-27-4-5-28-17)22(40)29-8-18(36)34-20/h4-5,11,13-16,20H,6-10H2,1-3H3,(H2,26,39)(H,27,28)(H,29,40)(H,30,35)(H,31,42)(H,32,43)(H,33,41)(H,34,36)(H,37,38)/t13-,14?,15-,16?,20?/m0/s1. The Bertz CT molecular complexity index is 1260. The zero-order valence-corrected chi connectivity index (χ0v) is 26.3. The molecule has 1 saturated heterocycles. The van der Waals surface area contributed by atoms with Crippen molar-refractivity contribution in [2.45, 2.75) is 63.8 Å². The fourth-order valence-corrected chi connectivity index (χ4v) is 6.25. The highest BCUT2D eigenvalue weighted by Gasteiger charge is 2.33. The highest BCUT2D eigenvalue weighted by Crippen LogP contribution is 2.23. The van der Waals surface area contributed by atoms with Gasteiger partial charge in [-0.1, -0.05) is 35.4 Å². The van der Waals surface area contributed by atoms with Gasteiger partial charge in [-0.25, -0.2) is 4.98 Å². The summed E-state index contributed by atoms with van der Waals surface area (Å²) in [7, 11) is 2.07. The van der Waals surface area contributed by atoms with E-state index in [0.29, 0.717) is 5.82 Å². The molecule has 248 valence electrons. The Morgan fingerprint density at radius 2 is 1.64 bits per heavy atom. The summed E-state index contributed by atoms with van der Waals surface area (Å²) in [6, 6.07) is -6.55. The summed E-state index contributed by atoms with van der Waals surface area (Å²) in [5, 5.41) is 23.9. The molecule has 7 amide bonds. The smallest absolute Gasteiger partial charge is 0.305 e. The van der Waals surface area contributed by atoms with Crippen LogP contribution in [-0.4, -0.2) is 111 Å². The van der Waals surface area contributed by atoms with Gasteiger partial charge in [-0.3, -0.25) is 38.4 Å². The lowest BCUT2D eigenvalue weighted by Crippen LogP contribution is -2.59. The van der Waals surface area contributed by atoms with E-state index in [9.17, 15) is 43.5 Å². The summed E-state index contributed by atoms with van der Waals surface area (Å²) in [6.45, 7) is 3.77. The molecule has 1 aliphatic heterocycles. The van der Waals surface area contributed by atoms with E-state index in [4.69, 9.17) is 5.73 Å². The number of amides is 7. The third-order valence-corrected chi connectivity index (χ3v) is 8.61. The van der Waals surface area contributed by atoms with Crippen LogP contribution in [0.2, 0.25) is 0 Å². The van der Waals surface area contributed by atoms with Gasteiger partial charge in [0.25, 0.3) is 0 Å². The second-order valence-corrected chi connectivity index (χ2v) is 12.8. The number of nitrogens with one attached hydrogen (secondary N) is 7. The van der Waals surface area contributed by atoms with Gasteiger partial charge < -0.3 is 47.7 Å². The maximum absolute atomic E-state index is 13.2. The average Bonchev–Trinajstić information content (AvgIpc) is 3.46. The molecule has 0 aliphatic carbocycles. The lowest BCUT2D eigenvalue weighted by molar-refractivity contribution is -0.141. The summed E-state index contributed by atoms with van der Waals surface area (Å²) in [6.07, 6.45) is 2.03. The van der Waals surface area contributed by atoms with Crippen LogP contribution >= 0.6 is 21.6 Å². The quantitative estimate of drug-likeness (QED) is 0.128. The van der Waals surface area contributed by atoms with Crippen molar-refractivity contribution in [3.8, 4) is 0 Å². The van der Waals surface area contributed by atoms with Crippen LogP contribution in [0.25, 0.3) is 0 Å². The predicted molar refractivity (Wildman–Crippen MR) is 162 cm³/mol. The van der Waals surface area contributed by atoms with Crippen LogP contribution < -0.4 is 37.6 Å². The molecule has 3 unspecified atom stereocenters. The summed E-state index contributed by atoms with van der Waals surface area (Å²) >= 11 is 0. The lowest BCUT2D eigenvalue weighted by Gasteiger charge is -2.26. The molecule has 45 heavy (non-hydrogen) atoms. The molecule has 0 radical (unpaired) electrons. The molecule has 1 fully saturated rings. The molecule has 2 heterocycles. The minimum atomic E-state index is -1.63. The van der Waals surface area contributed by atoms with Crippen molar-refractivity contribution in [2.24, 2.45) is 11.7 Å². The Hall–Kier alpha value is -4.33. The fourth-order valence-electron chi connectivity index (χ4n) is 3.91. The van der Waals surface area contributed by atoms with Crippen LogP contribution in [0.15, 0.2) is 12.4 Å². The third-order valence-electron chi connectivity index (χ3n) is 6.19. The zero-order chi connectivity index (χ0) is 33.7. The first kappa shape index (κ1) is 36.9. The number of nitrogens with two attached hydrogens (primary N) is 1. The van der Waals surface area contributed by atoms with Crippen LogP contribution in [0.1, 0.15) is 33.0 Å². The van der Waals surface area contributed by atoms with Crippen molar-refractivity contribution in [3.05, 3.63) is 18.2 Å². The molecule has 20 heteroatoms. The first-order valence-electron chi connectivity index (χ1n) is 13.7. The van der Waals surface area contributed by atoms with Gasteiger partial charge in [0.15, 0.2) is 0 Å². The molecule has 1 aromatic heterocycles. The first-order chi connectivity index (χ1) is 21.2. The summed E-state index contributed by atoms with van der Waals surface area (Å²) in [5.74, 6) is -7.44. The number of aromatic nitrogens is 2. The van der Waals surface area contributed by atoms with Crippen molar-refractivity contribution in [3.63, 3.8) is 0 Å². The van der Waals surface area contributed by atoms with Gasteiger partial charge in [-0.05, 0) is 5.92 Å². The molecule has 18 nitrogen and oxygen atoms in total. The van der Waals surface area contributed by atoms with Gasteiger partial charge in [0.2, 0.25) is 41.4 Å². The lowest BCUT2D eigenvalue weighted by atomic mass is 10.0. The highest BCUT2D eigenvalue weighted by atomic mass is 33.1. The zero-order valence-electron chi connectivity index (χ0n) is 24.7. The van der Waals surface area contributed by atoms with Crippen molar-refractivity contribution in [1.29, 1.82) is 0 Å². The molecule has 2 rings (SSSR count). The van der Waals surface area contributed by atoms with Crippen molar-refractivity contribution in [2.75, 3.05) is 18.1 Å². The molecular formula is C25H37N9O9S2. The number of imidazole rings is 1. The molecule has 5 atom stereocenters. The van der Waals surface area contributed by atoms with Gasteiger partial charge in [0, 0.05) is 37.2 Å². The third kappa shape index (κ3) is 12.7. The average molecular weight is 672 g/mol. The molecule has 0 spiro atoms. The SMILES string of the molecule is CC(=O)NC1CSSC[C@@H](C(N)=O)NC(=O)C(CC(=O)O)NC(=O)C(C(C)C)NC(=O)CNC(=O)[C@H](Cc2ncc[nH]2)NC1=O. The Morgan fingerprint density at radius 3 is 2.22 bits per heavy atom. The van der Waals surface area contributed by atoms with E-state index in [2.05, 4.69) is 41.9 Å². The van der Waals surface area contributed by atoms with Crippen molar-refractivity contribution in [1.82, 2.24) is 41.9 Å². The molecule has 1 aliphatic rings. The summed E-state index contributed by atoms with van der Waals surface area (Å²) in [5.41, 5.74) is 5.44. The van der Waals surface area contributed by atoms with E-state index in [0.717, 1.165) is 21.6 Å². The monoisotopic (exact) mass is 671 g/mol. The fraction of sp³-hybridized carbons (Fsp3) is 0.560. The predicted octanol–water partition coefficient (Wildman–Crippen LogP) is -3.48. The number of hydrogen-bond donors (Lipinski definition) is 9. The number of hydrogen-bond acceptors (Lipinski definition) is 11. The molecule has 10 N–H and O–H groups in total. The summed E-state index contributed by atoms with van der Waals surface area (Å²) < 4.78 is 0. The molecule has 0 saturated carbocycles. The van der Waals surface area contributed by atoms with Gasteiger partial charge >= 0.3 is 5.97 Å². The maximum atomic E-state index is 13.2. The van der Waals surface area contributed by atoms with Crippen LogP contribution in [-0.2, 0) is 44.8 Å². The number of primary amides is 1. The van der Waals surface area contributed by atoms with Gasteiger partial charge in [0.05, 0.1) is 13.0 Å². The first-order valence-corrected chi connectivity index (χ1v) is 16.2. The summed E-state index contributed by atoms with van der Waals surface area (Å²) in [4.78, 5) is 107. The number of aliphatic carboxylic acids is 1. The number of aromatic amines is 1. The maximum Gasteiger partial charge on any atom is 0.305 e. The van der Waals surface area contributed by atoms with E-state index < -0.39 is 96.4 Å². The Kier molecular flexibility index (Phi) is 14.6. The Labute approximate surface area is 265 Å². The second kappa shape index (κ2) is 17.8. The number of rotatable bonds is 7. The number of H-pyrrole nitrogens is 1. The minimum absolute atomic E-state index is 0.0404. The number of carbonyl (C=O) groups is 8. The Morgan fingerprint density at radius 1 is 0.978 bits per heavy atom. The number of carboxylic acid groups (broad SMARTS) is 1. The van der Waals surface area contributed by atoms with E-state index in [-0.39, 0.29) is 17.9 Å². The molecule has 0 bridgehead atoms. The molecular weight excluding hydrogens is 634 g/mol. The van der Waals surface area contributed by atoms with Crippen LogP contribution in [0, 0.1) is 5.92 Å². The van der Waals surface area contributed by atoms with Crippen molar-refractivity contribution >= 4 is 68.9 Å². The largest absolute Gasteiger partial charge is 0.481 e. The van der Waals surface area contributed by atoms with Gasteiger partial charge in [0.1, 0.15) is 36.0 Å². The minimum Gasteiger partial charge on any atom is -0.481 e. The number of carboxylic acids is 1. The molecule has 0 aromatic carbocycles. The second-order valence-electron chi connectivity index (χ2n) is 10.3. The van der Waals surface area contributed by atoms with E-state index in [1.54, 1.807) is 13.8 Å². The van der Waals surface area contributed by atoms with E-state index in [1.807, 2.05) is 0 Å². The molecule has 1 aromatic rings. The van der Waals surface area contributed by atoms with E-state index in [1.165, 1.54) is 19.3 Å². The Balaban J connectivity index is 2.40. The van der Waals surface area contributed by atoms with Crippen LogP contribution in [0.4, 0.5) is 0 Å². The van der Waals surface area contributed by atoms with Gasteiger partial charge in [-0.15, -0.1) is 0 Å². The van der Waals surface area contributed by atoms with Crippen LogP contribution in [0.3, 0.4) is 0 Å². The number of carbonyl (C=O) groups excluding carboxylic acids is 7. The van der Waals surface area contributed by atoms with E-state index >= 15 is 0 Å². The van der Waals surface area contributed by atoms with Gasteiger partial charge in [-0.2, -0.15) is 0 Å². The van der Waals surface area contributed by atoms with Crippen molar-refractivity contribution < 1.29 is 43.5 Å². The highest BCUT2D eigenvalue weighted by molar-refractivity contribution is 8.76. The normalized spacial score (nSPS) is 24.7.